The molecular weight excluding hydrogens is 326 g/mol. The van der Waals surface area contributed by atoms with Gasteiger partial charge in [0.2, 0.25) is 0 Å². The standard InChI is InChI=1S/C21H35N3O2/c1-5-23-6-8-24(9-7-23)13-19-11-16(2)10-18(17(19)3)12-22(4)20-14-26-15-21(20)25/h10-11,20-21,25H,5-9,12-15H2,1-4H3/t20-,21-/m1/s1. The average Bonchev–Trinajstić information content (AvgIpc) is 3.05. The lowest BCUT2D eigenvalue weighted by Gasteiger charge is -2.34. The summed E-state index contributed by atoms with van der Waals surface area (Å²) >= 11 is 0. The first kappa shape index (κ1) is 19.8. The summed E-state index contributed by atoms with van der Waals surface area (Å²) in [5.74, 6) is 0. The number of hydrogen-bond acceptors (Lipinski definition) is 5. The van der Waals surface area contributed by atoms with Gasteiger partial charge in [-0.25, -0.2) is 0 Å². The normalized spacial score (nSPS) is 25.3. The summed E-state index contributed by atoms with van der Waals surface area (Å²) in [7, 11) is 2.09. The minimum atomic E-state index is -0.376. The fraction of sp³-hybridized carbons (Fsp3) is 0.714. The van der Waals surface area contributed by atoms with E-state index in [1.54, 1.807) is 0 Å². The van der Waals surface area contributed by atoms with Crippen molar-refractivity contribution in [3.63, 3.8) is 0 Å². The van der Waals surface area contributed by atoms with Gasteiger partial charge in [-0.05, 0) is 44.1 Å². The SMILES string of the molecule is CCN1CCN(Cc2cc(C)cc(CN(C)[C@@H]3COC[C@H]3O)c2C)CC1. The van der Waals surface area contributed by atoms with Crippen molar-refractivity contribution in [2.45, 2.75) is 46.0 Å². The molecule has 146 valence electrons. The Kier molecular flexibility index (Phi) is 6.70. The molecule has 2 atom stereocenters. The van der Waals surface area contributed by atoms with E-state index in [2.05, 4.69) is 54.7 Å². The summed E-state index contributed by atoms with van der Waals surface area (Å²) in [6.07, 6.45) is -0.376. The van der Waals surface area contributed by atoms with E-state index in [0.29, 0.717) is 13.2 Å². The molecule has 0 amide bonds. The zero-order chi connectivity index (χ0) is 18.7. The molecule has 2 heterocycles. The molecule has 0 unspecified atom stereocenters. The van der Waals surface area contributed by atoms with Gasteiger partial charge in [0, 0.05) is 39.3 Å². The van der Waals surface area contributed by atoms with Gasteiger partial charge in [0.1, 0.15) is 0 Å². The molecule has 0 bridgehead atoms. The Morgan fingerprint density at radius 1 is 1.08 bits per heavy atom. The molecule has 5 nitrogen and oxygen atoms in total. The number of aliphatic hydroxyl groups excluding tert-OH is 1. The summed E-state index contributed by atoms with van der Waals surface area (Å²) in [6.45, 7) is 15.5. The molecule has 1 aromatic rings. The van der Waals surface area contributed by atoms with Crippen molar-refractivity contribution in [3.8, 4) is 0 Å². The van der Waals surface area contributed by atoms with Crippen LogP contribution in [0, 0.1) is 13.8 Å². The number of nitrogens with zero attached hydrogens (tertiary/aromatic N) is 3. The van der Waals surface area contributed by atoms with E-state index in [-0.39, 0.29) is 12.1 Å². The van der Waals surface area contributed by atoms with Crippen LogP contribution >= 0.6 is 0 Å². The van der Waals surface area contributed by atoms with Crippen LogP contribution in [0.5, 0.6) is 0 Å². The van der Waals surface area contributed by atoms with Gasteiger partial charge in [-0.2, -0.15) is 0 Å². The molecule has 2 aliphatic rings. The van der Waals surface area contributed by atoms with Crippen molar-refractivity contribution in [1.82, 2.24) is 14.7 Å². The lowest BCUT2D eigenvalue weighted by atomic mass is 9.97. The molecule has 0 aliphatic carbocycles. The number of benzene rings is 1. The van der Waals surface area contributed by atoms with Crippen molar-refractivity contribution in [2.75, 3.05) is 53.0 Å². The van der Waals surface area contributed by atoms with E-state index >= 15 is 0 Å². The van der Waals surface area contributed by atoms with Crippen molar-refractivity contribution in [2.24, 2.45) is 0 Å². The van der Waals surface area contributed by atoms with Crippen LogP contribution in [0.1, 0.15) is 29.2 Å². The lowest BCUT2D eigenvalue weighted by molar-refractivity contribution is 0.0924. The fourth-order valence-electron chi connectivity index (χ4n) is 4.19. The number of aliphatic hydroxyl groups is 1. The first-order valence-electron chi connectivity index (χ1n) is 9.97. The molecule has 5 heteroatoms. The van der Waals surface area contributed by atoms with Gasteiger partial charge >= 0.3 is 0 Å². The zero-order valence-corrected chi connectivity index (χ0v) is 16.9. The van der Waals surface area contributed by atoms with Crippen molar-refractivity contribution in [1.29, 1.82) is 0 Å². The topological polar surface area (TPSA) is 39.2 Å². The zero-order valence-electron chi connectivity index (χ0n) is 16.9. The Morgan fingerprint density at radius 3 is 2.35 bits per heavy atom. The van der Waals surface area contributed by atoms with E-state index in [1.165, 1.54) is 35.3 Å². The monoisotopic (exact) mass is 361 g/mol. The molecule has 2 aliphatic heterocycles. The molecule has 26 heavy (non-hydrogen) atoms. The smallest absolute Gasteiger partial charge is 0.0950 e. The maximum absolute atomic E-state index is 10.1. The number of likely N-dealkylation sites (N-methyl/N-ethyl adjacent to an activating group) is 2. The van der Waals surface area contributed by atoms with Gasteiger partial charge in [-0.3, -0.25) is 9.80 Å². The number of piperazine rings is 1. The summed E-state index contributed by atoms with van der Waals surface area (Å²) < 4.78 is 5.42. The van der Waals surface area contributed by atoms with Crippen LogP contribution < -0.4 is 0 Å². The molecule has 2 saturated heterocycles. The van der Waals surface area contributed by atoms with Crippen LogP contribution in [-0.2, 0) is 17.8 Å². The molecule has 0 aromatic heterocycles. The number of aryl methyl sites for hydroxylation is 1. The van der Waals surface area contributed by atoms with Crippen LogP contribution in [0.25, 0.3) is 0 Å². The van der Waals surface area contributed by atoms with Crippen molar-refractivity contribution in [3.05, 3.63) is 34.4 Å². The first-order valence-corrected chi connectivity index (χ1v) is 9.97. The minimum Gasteiger partial charge on any atom is -0.389 e. The third-order valence-corrected chi connectivity index (χ3v) is 6.08. The van der Waals surface area contributed by atoms with E-state index < -0.39 is 0 Å². The van der Waals surface area contributed by atoms with E-state index in [9.17, 15) is 5.11 Å². The summed E-state index contributed by atoms with van der Waals surface area (Å²) in [5, 5.41) is 10.1. The van der Waals surface area contributed by atoms with Crippen molar-refractivity contribution >= 4 is 0 Å². The van der Waals surface area contributed by atoms with Gasteiger partial charge in [0.05, 0.1) is 25.4 Å². The maximum atomic E-state index is 10.1. The number of hydrogen-bond donors (Lipinski definition) is 1. The fourth-order valence-corrected chi connectivity index (χ4v) is 4.19. The molecule has 0 saturated carbocycles. The predicted molar refractivity (Wildman–Crippen MR) is 105 cm³/mol. The van der Waals surface area contributed by atoms with Crippen LogP contribution in [0.15, 0.2) is 12.1 Å². The summed E-state index contributed by atoms with van der Waals surface area (Å²) in [6, 6.07) is 4.74. The average molecular weight is 362 g/mol. The molecule has 3 rings (SSSR count). The minimum absolute atomic E-state index is 0.0977. The van der Waals surface area contributed by atoms with Gasteiger partial charge in [0.15, 0.2) is 0 Å². The highest BCUT2D eigenvalue weighted by atomic mass is 16.5. The van der Waals surface area contributed by atoms with Gasteiger partial charge in [-0.1, -0.05) is 24.6 Å². The third kappa shape index (κ3) is 4.65. The van der Waals surface area contributed by atoms with E-state index in [0.717, 1.165) is 32.7 Å². The Balaban J connectivity index is 1.68. The highest BCUT2D eigenvalue weighted by Gasteiger charge is 2.30. The van der Waals surface area contributed by atoms with Gasteiger partial charge in [-0.15, -0.1) is 0 Å². The highest BCUT2D eigenvalue weighted by Crippen LogP contribution is 2.22. The summed E-state index contributed by atoms with van der Waals surface area (Å²) in [5.41, 5.74) is 5.54. The Bertz CT molecular complexity index is 599. The third-order valence-electron chi connectivity index (χ3n) is 6.08. The molecule has 2 fully saturated rings. The lowest BCUT2D eigenvalue weighted by Crippen LogP contribution is -2.45. The van der Waals surface area contributed by atoms with Crippen LogP contribution in [-0.4, -0.2) is 84.9 Å². The second-order valence-corrected chi connectivity index (χ2v) is 8.01. The summed E-state index contributed by atoms with van der Waals surface area (Å²) in [4.78, 5) is 7.34. The quantitative estimate of drug-likeness (QED) is 0.834. The van der Waals surface area contributed by atoms with E-state index in [4.69, 9.17) is 4.74 Å². The Morgan fingerprint density at radius 2 is 1.73 bits per heavy atom. The van der Waals surface area contributed by atoms with Crippen LogP contribution in [0.2, 0.25) is 0 Å². The molecule has 0 radical (unpaired) electrons. The molecule has 1 N–H and O–H groups in total. The predicted octanol–water partition coefficient (Wildman–Crippen LogP) is 1.63. The van der Waals surface area contributed by atoms with Gasteiger partial charge < -0.3 is 14.7 Å². The van der Waals surface area contributed by atoms with Gasteiger partial charge in [0.25, 0.3) is 0 Å². The maximum Gasteiger partial charge on any atom is 0.0950 e. The van der Waals surface area contributed by atoms with Crippen LogP contribution in [0.4, 0.5) is 0 Å². The number of rotatable bonds is 6. The molecule has 1 aromatic carbocycles. The van der Waals surface area contributed by atoms with E-state index in [1.807, 2.05) is 0 Å². The Labute approximate surface area is 158 Å². The molecular formula is C21H35N3O2. The highest BCUT2D eigenvalue weighted by molar-refractivity contribution is 5.38. The first-order chi connectivity index (χ1) is 12.5. The second-order valence-electron chi connectivity index (χ2n) is 8.01. The molecule has 0 spiro atoms. The van der Waals surface area contributed by atoms with Crippen molar-refractivity contribution < 1.29 is 9.84 Å². The largest absolute Gasteiger partial charge is 0.389 e. The van der Waals surface area contributed by atoms with Crippen LogP contribution in [0.3, 0.4) is 0 Å². The Hall–Kier alpha value is -0.980. The number of ether oxygens (including phenoxy) is 1. The second kappa shape index (κ2) is 8.81.